The second-order valence-electron chi connectivity index (χ2n) is 4.95. The summed E-state index contributed by atoms with van der Waals surface area (Å²) in [5.74, 6) is 0.229. The zero-order valence-corrected chi connectivity index (χ0v) is 12.2. The van der Waals surface area contributed by atoms with Crippen molar-refractivity contribution >= 4 is 17.7 Å². The van der Waals surface area contributed by atoms with Crippen molar-refractivity contribution in [2.45, 2.75) is 63.1 Å². The average Bonchev–Trinajstić information content (AvgIpc) is 2.61. The maximum Gasteiger partial charge on any atom is 0.313 e. The van der Waals surface area contributed by atoms with Gasteiger partial charge in [-0.3, -0.25) is 4.79 Å². The molecule has 0 atom stereocenters. The van der Waals surface area contributed by atoms with E-state index in [1.807, 2.05) is 0 Å². The number of nitrogens with zero attached hydrogens (tertiary/aromatic N) is 3. The number of carboxylic acids is 1. The third kappa shape index (κ3) is 3.72. The van der Waals surface area contributed by atoms with Crippen LogP contribution in [0.15, 0.2) is 5.16 Å². The second kappa shape index (κ2) is 6.93. The quantitative estimate of drug-likeness (QED) is 0.664. The van der Waals surface area contributed by atoms with Crippen molar-refractivity contribution in [1.29, 1.82) is 0 Å². The van der Waals surface area contributed by atoms with E-state index in [9.17, 15) is 4.79 Å². The number of aryl methyl sites for hydroxylation is 1. The molecule has 1 aliphatic rings. The zero-order chi connectivity index (χ0) is 13.7. The summed E-state index contributed by atoms with van der Waals surface area (Å²) < 4.78 is 2.19. The van der Waals surface area contributed by atoms with Gasteiger partial charge in [0.25, 0.3) is 0 Å². The maximum absolute atomic E-state index is 10.7. The molecule has 0 spiro atoms. The summed E-state index contributed by atoms with van der Waals surface area (Å²) in [6.07, 6.45) is 8.26. The smallest absolute Gasteiger partial charge is 0.313 e. The van der Waals surface area contributed by atoms with Crippen LogP contribution in [-0.4, -0.2) is 31.6 Å². The number of aromatic nitrogens is 3. The van der Waals surface area contributed by atoms with Gasteiger partial charge in [0.15, 0.2) is 5.16 Å². The summed E-state index contributed by atoms with van der Waals surface area (Å²) >= 11 is 1.28. The molecule has 0 saturated heterocycles. The van der Waals surface area contributed by atoms with Crippen molar-refractivity contribution in [2.75, 3.05) is 5.75 Å². The Kier molecular flexibility index (Phi) is 5.24. The normalized spacial score (nSPS) is 17.3. The highest BCUT2D eigenvalue weighted by Crippen LogP contribution is 2.31. The number of rotatable bonds is 5. The van der Waals surface area contributed by atoms with Gasteiger partial charge in [0.05, 0.1) is 5.75 Å². The molecule has 1 aromatic heterocycles. The molecule has 1 saturated carbocycles. The lowest BCUT2D eigenvalue weighted by molar-refractivity contribution is -0.133. The fourth-order valence-corrected chi connectivity index (χ4v) is 3.40. The zero-order valence-electron chi connectivity index (χ0n) is 11.3. The minimum absolute atomic E-state index is 0.0502. The minimum Gasteiger partial charge on any atom is -0.481 e. The van der Waals surface area contributed by atoms with Gasteiger partial charge in [-0.1, -0.05) is 44.4 Å². The highest BCUT2D eigenvalue weighted by atomic mass is 32.2. The molecule has 0 bridgehead atoms. The summed E-state index contributed by atoms with van der Waals surface area (Å²) in [5, 5.41) is 18.0. The molecular formula is C13H21N3O2S. The molecule has 0 unspecified atom stereocenters. The first-order chi connectivity index (χ1) is 9.22. The third-order valence-corrected chi connectivity index (χ3v) is 4.49. The molecule has 1 N–H and O–H groups in total. The Hall–Kier alpha value is -1.04. The van der Waals surface area contributed by atoms with Gasteiger partial charge < -0.3 is 9.67 Å². The summed E-state index contributed by atoms with van der Waals surface area (Å²) in [5.41, 5.74) is 0. The van der Waals surface area contributed by atoms with Crippen LogP contribution in [0.25, 0.3) is 0 Å². The monoisotopic (exact) mass is 283 g/mol. The predicted molar refractivity (Wildman–Crippen MR) is 74.5 cm³/mol. The van der Waals surface area contributed by atoms with E-state index in [0.717, 1.165) is 30.2 Å². The molecule has 0 aliphatic heterocycles. The van der Waals surface area contributed by atoms with Crippen LogP contribution in [0.4, 0.5) is 0 Å². The van der Waals surface area contributed by atoms with Crippen LogP contribution in [0.2, 0.25) is 0 Å². The van der Waals surface area contributed by atoms with Crippen LogP contribution in [-0.2, 0) is 11.2 Å². The summed E-state index contributed by atoms with van der Waals surface area (Å²) in [6, 6.07) is 0.448. The molecule has 1 heterocycles. The van der Waals surface area contributed by atoms with Gasteiger partial charge in [-0.15, -0.1) is 10.2 Å². The van der Waals surface area contributed by atoms with Crippen LogP contribution < -0.4 is 0 Å². The standard InChI is InChI=1S/C13H21N3O2S/c1-2-11-14-15-13(19-9-12(17)18)16(11)10-7-5-3-4-6-8-10/h10H,2-9H2,1H3,(H,17,18). The Morgan fingerprint density at radius 2 is 2.00 bits per heavy atom. The number of aliphatic carboxylic acids is 1. The van der Waals surface area contributed by atoms with Gasteiger partial charge in [0.1, 0.15) is 5.82 Å². The van der Waals surface area contributed by atoms with Crippen molar-refractivity contribution in [3.63, 3.8) is 0 Å². The maximum atomic E-state index is 10.7. The molecule has 6 heteroatoms. The van der Waals surface area contributed by atoms with Gasteiger partial charge in [-0.05, 0) is 12.8 Å². The van der Waals surface area contributed by atoms with Crippen LogP contribution >= 0.6 is 11.8 Å². The first-order valence-electron chi connectivity index (χ1n) is 7.00. The molecule has 1 aromatic rings. The number of carbonyl (C=O) groups is 1. The lowest BCUT2D eigenvalue weighted by atomic mass is 10.1. The van der Waals surface area contributed by atoms with Crippen LogP contribution in [0, 0.1) is 0 Å². The SMILES string of the molecule is CCc1nnc(SCC(=O)O)n1C1CCCCCC1. The Bertz CT molecular complexity index is 426. The first-order valence-corrected chi connectivity index (χ1v) is 7.99. The second-order valence-corrected chi connectivity index (χ2v) is 5.89. The predicted octanol–water partition coefficient (Wildman–Crippen LogP) is 2.91. The fourth-order valence-electron chi connectivity index (χ4n) is 2.66. The van der Waals surface area contributed by atoms with Crippen LogP contribution in [0.5, 0.6) is 0 Å². The lowest BCUT2D eigenvalue weighted by Gasteiger charge is -2.19. The van der Waals surface area contributed by atoms with E-state index in [1.54, 1.807) is 0 Å². The highest BCUT2D eigenvalue weighted by molar-refractivity contribution is 7.99. The molecule has 19 heavy (non-hydrogen) atoms. The van der Waals surface area contributed by atoms with Gasteiger partial charge in [0.2, 0.25) is 0 Å². The molecule has 2 rings (SSSR count). The molecule has 0 aromatic carbocycles. The lowest BCUT2D eigenvalue weighted by Crippen LogP contribution is -2.13. The molecule has 0 amide bonds. The Labute approximate surface area is 117 Å². The molecule has 5 nitrogen and oxygen atoms in total. The van der Waals surface area contributed by atoms with E-state index in [2.05, 4.69) is 21.7 Å². The van der Waals surface area contributed by atoms with Gasteiger partial charge in [-0.25, -0.2) is 0 Å². The fraction of sp³-hybridized carbons (Fsp3) is 0.769. The number of thioether (sulfide) groups is 1. The summed E-state index contributed by atoms with van der Waals surface area (Å²) in [7, 11) is 0. The molecule has 0 radical (unpaired) electrons. The van der Waals surface area contributed by atoms with E-state index in [1.165, 1.54) is 37.4 Å². The molecular weight excluding hydrogens is 262 g/mol. The molecule has 106 valence electrons. The topological polar surface area (TPSA) is 68.0 Å². The van der Waals surface area contributed by atoms with E-state index in [4.69, 9.17) is 5.11 Å². The Morgan fingerprint density at radius 1 is 1.32 bits per heavy atom. The summed E-state index contributed by atoms with van der Waals surface area (Å²) in [6.45, 7) is 2.07. The van der Waals surface area contributed by atoms with Crippen LogP contribution in [0.3, 0.4) is 0 Å². The third-order valence-electron chi connectivity index (χ3n) is 3.57. The molecule has 1 fully saturated rings. The summed E-state index contributed by atoms with van der Waals surface area (Å²) in [4.78, 5) is 10.7. The first kappa shape index (κ1) is 14.4. The van der Waals surface area contributed by atoms with Crippen molar-refractivity contribution in [2.24, 2.45) is 0 Å². The largest absolute Gasteiger partial charge is 0.481 e. The van der Waals surface area contributed by atoms with Gasteiger partial charge in [-0.2, -0.15) is 0 Å². The van der Waals surface area contributed by atoms with Crippen molar-refractivity contribution in [1.82, 2.24) is 14.8 Å². The number of hydrogen-bond acceptors (Lipinski definition) is 4. The van der Waals surface area contributed by atoms with Crippen molar-refractivity contribution in [3.05, 3.63) is 5.82 Å². The van der Waals surface area contributed by atoms with E-state index in [-0.39, 0.29) is 5.75 Å². The van der Waals surface area contributed by atoms with E-state index in [0.29, 0.717) is 6.04 Å². The van der Waals surface area contributed by atoms with Gasteiger partial charge >= 0.3 is 5.97 Å². The minimum atomic E-state index is -0.807. The highest BCUT2D eigenvalue weighted by Gasteiger charge is 2.21. The van der Waals surface area contributed by atoms with E-state index >= 15 is 0 Å². The van der Waals surface area contributed by atoms with Crippen LogP contribution in [0.1, 0.15) is 57.3 Å². The van der Waals surface area contributed by atoms with E-state index < -0.39 is 5.97 Å². The number of hydrogen-bond donors (Lipinski definition) is 1. The number of carboxylic acid groups (broad SMARTS) is 1. The van der Waals surface area contributed by atoms with Crippen molar-refractivity contribution in [3.8, 4) is 0 Å². The Balaban J connectivity index is 2.19. The average molecular weight is 283 g/mol. The van der Waals surface area contributed by atoms with Gasteiger partial charge in [0, 0.05) is 12.5 Å². The molecule has 1 aliphatic carbocycles. The van der Waals surface area contributed by atoms with Crippen molar-refractivity contribution < 1.29 is 9.90 Å². The Morgan fingerprint density at radius 3 is 2.58 bits per heavy atom.